The highest BCUT2D eigenvalue weighted by Gasteiger charge is 2.14. The molecule has 3 aromatic rings. The molecule has 0 fully saturated rings. The molecule has 0 unspecified atom stereocenters. The van der Waals surface area contributed by atoms with Gasteiger partial charge < -0.3 is 19.3 Å². The van der Waals surface area contributed by atoms with Crippen LogP contribution in [0.15, 0.2) is 63.8 Å². The van der Waals surface area contributed by atoms with Gasteiger partial charge in [-0.2, -0.15) is 9.78 Å². The van der Waals surface area contributed by atoms with Crippen LogP contribution in [-0.2, 0) is 4.74 Å². The molecule has 1 heterocycles. The first kappa shape index (κ1) is 25.8. The quantitative estimate of drug-likeness (QED) is 0.133. The number of hydrogen-bond donors (Lipinski definition) is 1. The van der Waals surface area contributed by atoms with Crippen LogP contribution >= 0.6 is 27.7 Å². The summed E-state index contributed by atoms with van der Waals surface area (Å²) in [5.41, 5.74) is 1.59. The smallest absolute Gasteiger partial charge is 0.212 e. The van der Waals surface area contributed by atoms with Crippen LogP contribution in [0.3, 0.4) is 0 Å². The number of hydrogen-bond acceptors (Lipinski definition) is 8. The van der Waals surface area contributed by atoms with Crippen molar-refractivity contribution in [2.75, 3.05) is 33.2 Å². The van der Waals surface area contributed by atoms with Crippen molar-refractivity contribution in [3.63, 3.8) is 0 Å². The molecule has 0 aliphatic heterocycles. The first-order valence-corrected chi connectivity index (χ1v) is 12.6. The van der Waals surface area contributed by atoms with E-state index < -0.39 is 0 Å². The molecule has 3 rings (SSSR count). The van der Waals surface area contributed by atoms with E-state index in [0.29, 0.717) is 41.0 Å². The molecule has 0 atom stereocenters. The van der Waals surface area contributed by atoms with Crippen molar-refractivity contribution in [2.24, 2.45) is 5.10 Å². The maximum atomic E-state index is 9.93. The lowest BCUT2D eigenvalue weighted by molar-refractivity contribution is 0.123. The molecule has 1 aromatic heterocycles. The Kier molecular flexibility index (Phi) is 9.99. The fourth-order valence-corrected chi connectivity index (χ4v) is 3.80. The van der Waals surface area contributed by atoms with Crippen LogP contribution in [0.1, 0.15) is 18.4 Å². The van der Waals surface area contributed by atoms with E-state index in [1.54, 1.807) is 23.0 Å². The van der Waals surface area contributed by atoms with Crippen molar-refractivity contribution in [2.45, 2.75) is 18.0 Å². The first-order chi connectivity index (χ1) is 16.6. The molecule has 34 heavy (non-hydrogen) atoms. The topological polar surface area (TPSA) is 91.0 Å². The van der Waals surface area contributed by atoms with Gasteiger partial charge in [-0.3, -0.25) is 0 Å². The Morgan fingerprint density at radius 2 is 1.97 bits per heavy atom. The van der Waals surface area contributed by atoms with E-state index in [0.717, 1.165) is 29.7 Å². The van der Waals surface area contributed by atoms with Crippen molar-refractivity contribution >= 4 is 33.9 Å². The van der Waals surface area contributed by atoms with E-state index in [1.165, 1.54) is 18.9 Å². The highest BCUT2D eigenvalue weighted by molar-refractivity contribution is 9.10. The molecular formula is C24H27BrN4O4S. The highest BCUT2D eigenvalue weighted by Crippen LogP contribution is 2.32. The van der Waals surface area contributed by atoms with Crippen molar-refractivity contribution in [1.29, 1.82) is 0 Å². The minimum atomic E-state index is 0.0452. The van der Waals surface area contributed by atoms with Gasteiger partial charge in [0.2, 0.25) is 5.16 Å². The second-order valence-corrected chi connectivity index (χ2v) is 8.66. The lowest BCUT2D eigenvalue weighted by Crippen LogP contribution is -2.03. The Morgan fingerprint density at radius 3 is 2.68 bits per heavy atom. The predicted molar refractivity (Wildman–Crippen MR) is 138 cm³/mol. The Labute approximate surface area is 211 Å². The first-order valence-electron chi connectivity index (χ1n) is 10.6. The lowest BCUT2D eigenvalue weighted by Gasteiger charge is -2.08. The second kappa shape index (κ2) is 13.2. The van der Waals surface area contributed by atoms with Gasteiger partial charge in [-0.05, 0) is 65.0 Å². The van der Waals surface area contributed by atoms with E-state index in [1.807, 2.05) is 36.6 Å². The largest absolute Gasteiger partial charge is 0.504 e. The summed E-state index contributed by atoms with van der Waals surface area (Å²) in [5.74, 6) is 1.78. The molecule has 0 bridgehead atoms. The molecule has 8 nitrogen and oxygen atoms in total. The summed E-state index contributed by atoms with van der Waals surface area (Å²) in [6.07, 6.45) is 7.09. The summed E-state index contributed by atoms with van der Waals surface area (Å²) >= 11 is 4.89. The van der Waals surface area contributed by atoms with E-state index in [4.69, 9.17) is 14.2 Å². The number of thioether (sulfide) groups is 1. The molecule has 180 valence electrons. The molecule has 10 heteroatoms. The SMILES string of the molecule is C=CCCOCCCOc1ccc(-c2nnc(SC)n2/N=C/c2cc(OC)c(O)cc2Br)cc1. The van der Waals surface area contributed by atoms with Crippen LogP contribution in [0.25, 0.3) is 11.4 Å². The van der Waals surface area contributed by atoms with Gasteiger partial charge >= 0.3 is 0 Å². The Bertz CT molecular complexity index is 1120. The summed E-state index contributed by atoms with van der Waals surface area (Å²) in [4.78, 5) is 0. The van der Waals surface area contributed by atoms with Crippen molar-refractivity contribution in [1.82, 2.24) is 14.9 Å². The van der Waals surface area contributed by atoms with Crippen molar-refractivity contribution < 1.29 is 19.3 Å². The fraction of sp³-hybridized carbons (Fsp3) is 0.292. The molecule has 0 aliphatic rings. The average molecular weight is 547 g/mol. The number of nitrogens with zero attached hydrogens (tertiary/aromatic N) is 4. The third kappa shape index (κ3) is 6.85. The van der Waals surface area contributed by atoms with Gasteiger partial charge in [0.25, 0.3) is 0 Å². The molecule has 0 saturated carbocycles. The number of methoxy groups -OCH3 is 1. The van der Waals surface area contributed by atoms with Gasteiger partial charge in [0, 0.05) is 35.2 Å². The second-order valence-electron chi connectivity index (χ2n) is 7.03. The van der Waals surface area contributed by atoms with E-state index in [9.17, 15) is 5.11 Å². The Balaban J connectivity index is 1.71. The molecular weight excluding hydrogens is 520 g/mol. The monoisotopic (exact) mass is 546 g/mol. The van der Waals surface area contributed by atoms with Crippen molar-refractivity contribution in [3.05, 3.63) is 59.1 Å². The zero-order chi connectivity index (χ0) is 24.3. The normalized spacial score (nSPS) is 11.1. The molecule has 1 N–H and O–H groups in total. The number of phenols is 1. The van der Waals surface area contributed by atoms with Gasteiger partial charge in [-0.1, -0.05) is 17.8 Å². The number of benzene rings is 2. The summed E-state index contributed by atoms with van der Waals surface area (Å²) < 4.78 is 18.8. The Morgan fingerprint density at radius 1 is 1.18 bits per heavy atom. The molecule has 0 radical (unpaired) electrons. The van der Waals surface area contributed by atoms with Gasteiger partial charge in [-0.25, -0.2) is 0 Å². The number of phenolic OH excluding ortho intramolecular Hbond substituents is 1. The molecule has 0 spiro atoms. The van der Waals surface area contributed by atoms with Crippen LogP contribution in [0.2, 0.25) is 0 Å². The predicted octanol–water partition coefficient (Wildman–Crippen LogP) is 5.39. The van der Waals surface area contributed by atoms with Crippen LogP contribution in [0.4, 0.5) is 0 Å². The zero-order valence-electron chi connectivity index (χ0n) is 19.1. The van der Waals surface area contributed by atoms with E-state index in [2.05, 4.69) is 37.8 Å². The molecule has 2 aromatic carbocycles. The summed E-state index contributed by atoms with van der Waals surface area (Å²) in [5, 5.41) is 23.7. The molecule has 0 amide bonds. The van der Waals surface area contributed by atoms with E-state index >= 15 is 0 Å². The van der Waals surface area contributed by atoms with Crippen LogP contribution in [0, 0.1) is 0 Å². The number of aromatic hydroxyl groups is 1. The third-order valence-electron chi connectivity index (χ3n) is 4.69. The van der Waals surface area contributed by atoms with Gasteiger partial charge in [-0.15, -0.1) is 16.8 Å². The number of aromatic nitrogens is 3. The highest BCUT2D eigenvalue weighted by atomic mass is 79.9. The van der Waals surface area contributed by atoms with Gasteiger partial charge in [0.15, 0.2) is 17.3 Å². The zero-order valence-corrected chi connectivity index (χ0v) is 21.5. The Hall–Kier alpha value is -2.82. The average Bonchev–Trinajstić information content (AvgIpc) is 3.26. The summed E-state index contributed by atoms with van der Waals surface area (Å²) in [6.45, 7) is 5.60. The maximum absolute atomic E-state index is 9.93. The summed E-state index contributed by atoms with van der Waals surface area (Å²) in [6, 6.07) is 10.9. The third-order valence-corrected chi connectivity index (χ3v) is 5.99. The van der Waals surface area contributed by atoms with Crippen LogP contribution in [0.5, 0.6) is 17.2 Å². The minimum absolute atomic E-state index is 0.0452. The maximum Gasteiger partial charge on any atom is 0.212 e. The van der Waals surface area contributed by atoms with Crippen molar-refractivity contribution in [3.8, 4) is 28.6 Å². The fourth-order valence-electron chi connectivity index (χ4n) is 2.94. The van der Waals surface area contributed by atoms with Gasteiger partial charge in [0.05, 0.1) is 19.9 Å². The van der Waals surface area contributed by atoms with Crippen LogP contribution in [-0.4, -0.2) is 59.4 Å². The molecule has 0 aliphatic carbocycles. The summed E-state index contributed by atoms with van der Waals surface area (Å²) in [7, 11) is 1.50. The van der Waals surface area contributed by atoms with Gasteiger partial charge in [0.1, 0.15) is 5.75 Å². The lowest BCUT2D eigenvalue weighted by atomic mass is 10.2. The standard InChI is InChI=1S/C24H27BrN4O4S/c1-4-5-11-32-12-6-13-33-19-9-7-17(8-10-19)23-27-28-24(34-3)29(23)26-16-18-14-22(31-2)21(30)15-20(18)25/h4,7-10,14-16,30H,1,5-6,11-13H2,2-3H3/b26-16+. The number of ether oxygens (including phenoxy) is 3. The minimum Gasteiger partial charge on any atom is -0.504 e. The molecule has 0 saturated heterocycles. The van der Waals surface area contributed by atoms with E-state index in [-0.39, 0.29) is 5.75 Å². The van der Waals surface area contributed by atoms with Crippen LogP contribution < -0.4 is 9.47 Å². The number of rotatable bonds is 13. The number of halogens is 1.